The Kier molecular flexibility index (Phi) is 19.9. The van der Waals surface area contributed by atoms with Crippen molar-refractivity contribution >= 4 is 5.97 Å². The minimum Gasteiger partial charge on any atom is -0.455 e. The molecule has 2 unspecified atom stereocenters. The van der Waals surface area contributed by atoms with Gasteiger partial charge >= 0.3 is 5.97 Å². The van der Waals surface area contributed by atoms with Gasteiger partial charge in [0.15, 0.2) is 0 Å². The predicted molar refractivity (Wildman–Crippen MR) is 168 cm³/mol. The lowest BCUT2D eigenvalue weighted by Gasteiger charge is -2.19. The number of aliphatic hydroxyl groups is 4. The van der Waals surface area contributed by atoms with E-state index in [0.717, 1.165) is 89.9 Å². The highest BCUT2D eigenvalue weighted by molar-refractivity contribution is 5.90. The van der Waals surface area contributed by atoms with Crippen molar-refractivity contribution in [3.05, 3.63) is 11.6 Å². The Hall–Kier alpha value is -0.990. The maximum atomic E-state index is 11.6. The molecule has 0 aromatic carbocycles. The van der Waals surface area contributed by atoms with E-state index in [1.165, 1.54) is 38.5 Å². The maximum absolute atomic E-state index is 11.6. The van der Waals surface area contributed by atoms with Crippen LogP contribution in [0.3, 0.4) is 0 Å². The average Bonchev–Trinajstić information content (AvgIpc) is 3.56. The first kappa shape index (κ1) is 37.2. The van der Waals surface area contributed by atoms with Crippen LogP contribution in [-0.4, -0.2) is 69.1 Å². The summed E-state index contributed by atoms with van der Waals surface area (Å²) in [7, 11) is 0. The molecule has 4 N–H and O–H groups in total. The van der Waals surface area contributed by atoms with Crippen LogP contribution in [0.5, 0.6) is 0 Å². The molecule has 1 fully saturated rings. The zero-order valence-corrected chi connectivity index (χ0v) is 26.9. The van der Waals surface area contributed by atoms with Crippen molar-refractivity contribution in [2.75, 3.05) is 0 Å². The highest BCUT2D eigenvalue weighted by Crippen LogP contribution is 2.28. The monoisotopic (exact) mass is 596 g/mol. The van der Waals surface area contributed by atoms with Gasteiger partial charge in [-0.2, -0.15) is 0 Å². The van der Waals surface area contributed by atoms with Gasteiger partial charge in [0.1, 0.15) is 6.10 Å². The van der Waals surface area contributed by atoms with Crippen molar-refractivity contribution in [3.63, 3.8) is 0 Å². The third kappa shape index (κ3) is 16.2. The molecule has 0 amide bonds. The second-order valence-electron chi connectivity index (χ2n) is 13.1. The van der Waals surface area contributed by atoms with E-state index in [4.69, 9.17) is 9.47 Å². The Labute approximate surface area is 256 Å². The summed E-state index contributed by atoms with van der Waals surface area (Å²) in [5.41, 5.74) is 0.623. The fraction of sp³-hybridized carbons (Fsp3) is 0.914. The Balaban J connectivity index is 1.35. The van der Waals surface area contributed by atoms with Gasteiger partial charge in [-0.1, -0.05) is 103 Å². The van der Waals surface area contributed by atoms with Gasteiger partial charge in [0, 0.05) is 12.0 Å². The number of hydrogen-bond acceptors (Lipinski definition) is 7. The van der Waals surface area contributed by atoms with Crippen LogP contribution in [0, 0.1) is 0 Å². The number of hydrogen-bond donors (Lipinski definition) is 4. The van der Waals surface area contributed by atoms with Crippen molar-refractivity contribution in [1.29, 1.82) is 0 Å². The summed E-state index contributed by atoms with van der Waals surface area (Å²) in [4.78, 5) is 11.6. The van der Waals surface area contributed by atoms with E-state index in [2.05, 4.69) is 0 Å². The molecule has 0 aromatic rings. The number of ether oxygens (including phenoxy) is 2. The quantitative estimate of drug-likeness (QED) is 0.0624. The van der Waals surface area contributed by atoms with Gasteiger partial charge in [-0.15, -0.1) is 0 Å². The summed E-state index contributed by atoms with van der Waals surface area (Å²) in [6, 6.07) is 0. The molecule has 7 atom stereocenters. The molecular weight excluding hydrogens is 532 g/mol. The maximum Gasteiger partial charge on any atom is 0.334 e. The van der Waals surface area contributed by atoms with Gasteiger partial charge < -0.3 is 29.9 Å². The first-order chi connectivity index (χ1) is 20.3. The first-order valence-corrected chi connectivity index (χ1v) is 17.6. The summed E-state index contributed by atoms with van der Waals surface area (Å²) < 4.78 is 11.3. The normalized spacial score (nSPS) is 23.5. The van der Waals surface area contributed by atoms with Gasteiger partial charge in [0.05, 0.1) is 36.6 Å². The Bertz CT molecular complexity index is 726. The number of aliphatic hydroxyl groups excluding tert-OH is 4. The van der Waals surface area contributed by atoms with Gasteiger partial charge in [0.2, 0.25) is 0 Å². The van der Waals surface area contributed by atoms with E-state index in [0.29, 0.717) is 30.9 Å². The molecule has 2 rings (SSSR count). The summed E-state index contributed by atoms with van der Waals surface area (Å²) in [6.45, 7) is 3.86. The second-order valence-corrected chi connectivity index (χ2v) is 13.1. The third-order valence-corrected chi connectivity index (χ3v) is 9.11. The highest BCUT2D eigenvalue weighted by atomic mass is 16.5. The molecule has 0 radical (unpaired) electrons. The largest absolute Gasteiger partial charge is 0.455 e. The van der Waals surface area contributed by atoms with Crippen LogP contribution in [0.15, 0.2) is 11.6 Å². The number of esters is 1. The van der Waals surface area contributed by atoms with Crippen LogP contribution in [0.4, 0.5) is 0 Å². The van der Waals surface area contributed by atoms with Crippen molar-refractivity contribution in [1.82, 2.24) is 0 Å². The Morgan fingerprint density at radius 2 is 1.29 bits per heavy atom. The smallest absolute Gasteiger partial charge is 0.334 e. The van der Waals surface area contributed by atoms with Crippen LogP contribution in [-0.2, 0) is 14.3 Å². The van der Waals surface area contributed by atoms with Crippen LogP contribution < -0.4 is 0 Å². The fourth-order valence-corrected chi connectivity index (χ4v) is 6.46. The highest BCUT2D eigenvalue weighted by Gasteiger charge is 2.30. The molecule has 0 bridgehead atoms. The molecule has 0 aliphatic carbocycles. The van der Waals surface area contributed by atoms with E-state index in [1.54, 1.807) is 0 Å². The molecule has 0 saturated carbocycles. The molecule has 2 aliphatic heterocycles. The third-order valence-electron chi connectivity index (χ3n) is 9.11. The molecule has 1 saturated heterocycles. The van der Waals surface area contributed by atoms with Gasteiger partial charge in [0.25, 0.3) is 0 Å². The molecular formula is C35H64O7. The number of carbonyl (C=O) groups is 1. The summed E-state index contributed by atoms with van der Waals surface area (Å²) in [5, 5.41) is 40.5. The zero-order valence-electron chi connectivity index (χ0n) is 26.9. The molecule has 7 heteroatoms. The number of unbranched alkanes of at least 4 members (excludes halogenated alkanes) is 12. The number of carbonyl (C=O) groups excluding carboxylic acids is 1. The van der Waals surface area contributed by atoms with Crippen LogP contribution in [0.2, 0.25) is 0 Å². The van der Waals surface area contributed by atoms with E-state index in [1.807, 2.05) is 19.9 Å². The van der Waals surface area contributed by atoms with Crippen LogP contribution in [0.1, 0.15) is 162 Å². The lowest BCUT2D eigenvalue weighted by atomic mass is 10.00. The topological polar surface area (TPSA) is 116 Å². The fourth-order valence-electron chi connectivity index (χ4n) is 6.46. The molecule has 2 heterocycles. The average molecular weight is 597 g/mol. The molecule has 0 aromatic heterocycles. The van der Waals surface area contributed by atoms with Crippen LogP contribution in [0.25, 0.3) is 0 Å². The molecule has 0 spiro atoms. The lowest BCUT2D eigenvalue weighted by molar-refractivity contribution is -0.139. The first-order valence-electron chi connectivity index (χ1n) is 17.6. The van der Waals surface area contributed by atoms with Gasteiger partial charge in [-0.25, -0.2) is 4.79 Å². The van der Waals surface area contributed by atoms with Crippen molar-refractivity contribution in [3.8, 4) is 0 Å². The zero-order chi connectivity index (χ0) is 30.6. The summed E-state index contributed by atoms with van der Waals surface area (Å²) >= 11 is 0. The van der Waals surface area contributed by atoms with Crippen molar-refractivity contribution in [2.45, 2.75) is 204 Å². The van der Waals surface area contributed by atoms with Crippen molar-refractivity contribution in [2.24, 2.45) is 0 Å². The van der Waals surface area contributed by atoms with Gasteiger partial charge in [-0.3, -0.25) is 0 Å². The predicted octanol–water partition coefficient (Wildman–Crippen LogP) is 7.06. The minimum atomic E-state index is -0.579. The standard InChI is InChI=1S/C35H64O7/c1-3-18-31(37)32(38)21-16-12-8-9-13-17-22-33(39)34-24-23-30(42-34)20-15-11-7-5-4-6-10-14-19-29(36)26-28-25-27(2)41-35(28)40/h25,27,29-34,36-39H,3-24,26H2,1-2H3/t27-,29-,30-,31?,32?,33+,34+/m0/s1. The SMILES string of the molecule is CCCC(O)C(O)CCCCCCCC[C@@H](O)[C@H]1CC[C@H](CCCCCCCCCC[C@H](O)CC2=C[C@H](C)OC2=O)O1. The molecule has 246 valence electrons. The number of cyclic esters (lactones) is 1. The van der Waals surface area contributed by atoms with Crippen molar-refractivity contribution < 1.29 is 34.7 Å². The molecule has 2 aliphatic rings. The van der Waals surface area contributed by atoms with E-state index >= 15 is 0 Å². The summed E-state index contributed by atoms with van der Waals surface area (Å²) in [6.07, 6.45) is 23.5. The molecule has 42 heavy (non-hydrogen) atoms. The Morgan fingerprint density at radius 3 is 1.88 bits per heavy atom. The Morgan fingerprint density at radius 1 is 0.738 bits per heavy atom. The van der Waals surface area contributed by atoms with Gasteiger partial charge in [-0.05, 0) is 57.9 Å². The minimum absolute atomic E-state index is 0.0110. The lowest BCUT2D eigenvalue weighted by Crippen LogP contribution is -2.26. The van der Waals surface area contributed by atoms with E-state index < -0.39 is 18.3 Å². The van der Waals surface area contributed by atoms with Crippen LogP contribution >= 0.6 is 0 Å². The molecule has 7 nitrogen and oxygen atoms in total. The number of rotatable bonds is 26. The second kappa shape index (κ2) is 22.5. The van der Waals surface area contributed by atoms with E-state index in [9.17, 15) is 25.2 Å². The summed E-state index contributed by atoms with van der Waals surface area (Å²) in [5.74, 6) is -0.276. The van der Waals surface area contributed by atoms with E-state index in [-0.39, 0.29) is 24.3 Å².